The first kappa shape index (κ1) is 15.3. The van der Waals surface area contributed by atoms with Gasteiger partial charge in [-0.25, -0.2) is 13.1 Å². The highest BCUT2D eigenvalue weighted by molar-refractivity contribution is 7.98. The molecule has 1 aromatic rings. The Morgan fingerprint density at radius 2 is 2.26 bits per heavy atom. The summed E-state index contributed by atoms with van der Waals surface area (Å²) in [5.74, 6) is 0.778. The maximum absolute atomic E-state index is 12.2. The highest BCUT2D eigenvalue weighted by atomic mass is 32.2. The summed E-state index contributed by atoms with van der Waals surface area (Å²) < 4.78 is 27.4. The van der Waals surface area contributed by atoms with Gasteiger partial charge in [-0.05, 0) is 43.0 Å². The lowest BCUT2D eigenvalue weighted by Crippen LogP contribution is -2.33. The van der Waals surface area contributed by atoms with Crippen molar-refractivity contribution in [2.45, 2.75) is 42.6 Å². The second kappa shape index (κ2) is 6.58. The van der Waals surface area contributed by atoms with E-state index in [2.05, 4.69) is 10.0 Å². The Bertz CT molecular complexity index is 509. The summed E-state index contributed by atoms with van der Waals surface area (Å²) in [5, 5.41) is 5.31. The zero-order chi connectivity index (χ0) is 13.9. The lowest BCUT2D eigenvalue weighted by Gasteiger charge is -2.11. The van der Waals surface area contributed by atoms with Gasteiger partial charge in [0, 0.05) is 24.4 Å². The molecular formula is C12H20N2O2S3. The lowest BCUT2D eigenvalue weighted by molar-refractivity contribution is 0.573. The minimum absolute atomic E-state index is 0.0462. The zero-order valence-corrected chi connectivity index (χ0v) is 13.6. The second-order valence-corrected chi connectivity index (χ2v) is 8.67. The molecule has 1 aliphatic rings. The zero-order valence-electron chi connectivity index (χ0n) is 11.2. The van der Waals surface area contributed by atoms with Gasteiger partial charge in [-0.1, -0.05) is 0 Å². The molecule has 4 nitrogen and oxygen atoms in total. The van der Waals surface area contributed by atoms with Crippen LogP contribution in [0.2, 0.25) is 0 Å². The fourth-order valence-corrected chi connectivity index (χ4v) is 4.90. The Labute approximate surface area is 123 Å². The molecular weight excluding hydrogens is 300 g/mol. The van der Waals surface area contributed by atoms with Crippen molar-refractivity contribution in [3.8, 4) is 0 Å². The fraction of sp³-hybridized carbons (Fsp3) is 0.667. The number of hydrogen-bond donors (Lipinski definition) is 2. The van der Waals surface area contributed by atoms with Crippen LogP contribution in [0.15, 0.2) is 15.7 Å². The number of rotatable bonds is 8. The van der Waals surface area contributed by atoms with Crippen molar-refractivity contribution in [1.29, 1.82) is 0 Å². The average molecular weight is 321 g/mol. The maximum Gasteiger partial charge on any atom is 0.250 e. The predicted molar refractivity (Wildman–Crippen MR) is 82.3 cm³/mol. The summed E-state index contributed by atoms with van der Waals surface area (Å²) in [4.78, 5) is 0. The largest absolute Gasteiger partial charge is 0.310 e. The first-order valence-corrected chi connectivity index (χ1v) is 10.1. The smallest absolute Gasteiger partial charge is 0.250 e. The van der Waals surface area contributed by atoms with E-state index in [4.69, 9.17) is 0 Å². The molecule has 108 valence electrons. The van der Waals surface area contributed by atoms with Crippen LogP contribution >= 0.6 is 23.1 Å². The van der Waals surface area contributed by atoms with Crippen LogP contribution < -0.4 is 10.0 Å². The third-order valence-corrected chi connectivity index (χ3v) is 6.75. The molecule has 0 radical (unpaired) electrons. The van der Waals surface area contributed by atoms with Gasteiger partial charge in [0.15, 0.2) is 0 Å². The molecule has 7 heteroatoms. The molecule has 0 aromatic carbocycles. The van der Waals surface area contributed by atoms with Gasteiger partial charge in [0.1, 0.15) is 4.21 Å². The van der Waals surface area contributed by atoms with Gasteiger partial charge >= 0.3 is 0 Å². The molecule has 1 unspecified atom stereocenters. The molecule has 2 rings (SSSR count). The van der Waals surface area contributed by atoms with Gasteiger partial charge < -0.3 is 5.32 Å². The monoisotopic (exact) mass is 320 g/mol. The molecule has 19 heavy (non-hydrogen) atoms. The second-order valence-electron chi connectivity index (χ2n) is 4.91. The van der Waals surface area contributed by atoms with Crippen molar-refractivity contribution in [2.24, 2.45) is 0 Å². The van der Waals surface area contributed by atoms with Crippen molar-refractivity contribution in [3.63, 3.8) is 0 Å². The first-order valence-electron chi connectivity index (χ1n) is 6.33. The normalized spacial score (nSPS) is 17.6. The average Bonchev–Trinajstić information content (AvgIpc) is 3.02. The molecule has 1 heterocycles. The molecule has 0 saturated heterocycles. The van der Waals surface area contributed by atoms with E-state index in [0.29, 0.717) is 10.3 Å². The lowest BCUT2D eigenvalue weighted by atomic mass is 10.3. The number of thioether (sulfide) groups is 1. The van der Waals surface area contributed by atoms with Crippen molar-refractivity contribution >= 4 is 33.1 Å². The van der Waals surface area contributed by atoms with E-state index in [0.717, 1.165) is 17.9 Å². The Morgan fingerprint density at radius 3 is 2.89 bits per heavy atom. The molecule has 0 amide bonds. The first-order chi connectivity index (χ1) is 9.01. The van der Waals surface area contributed by atoms with E-state index in [1.165, 1.54) is 24.2 Å². The number of sulfonamides is 1. The van der Waals surface area contributed by atoms with Crippen LogP contribution in [-0.2, 0) is 16.6 Å². The summed E-state index contributed by atoms with van der Waals surface area (Å²) >= 11 is 2.93. The third-order valence-electron chi connectivity index (χ3n) is 2.84. The Hall–Kier alpha value is -0.0800. The van der Waals surface area contributed by atoms with Gasteiger partial charge in [0.05, 0.1) is 0 Å². The van der Waals surface area contributed by atoms with Crippen LogP contribution in [0.25, 0.3) is 0 Å². The van der Waals surface area contributed by atoms with Gasteiger partial charge in [-0.2, -0.15) is 11.8 Å². The molecule has 2 N–H and O–H groups in total. The molecule has 1 atom stereocenters. The summed E-state index contributed by atoms with van der Waals surface area (Å²) in [6, 6.07) is 2.36. The van der Waals surface area contributed by atoms with Crippen LogP contribution in [0, 0.1) is 0 Å². The number of nitrogens with one attached hydrogen (secondary N) is 2. The van der Waals surface area contributed by atoms with E-state index in [1.54, 1.807) is 17.8 Å². The molecule has 1 saturated carbocycles. The maximum atomic E-state index is 12.2. The van der Waals surface area contributed by atoms with Crippen molar-refractivity contribution in [3.05, 3.63) is 17.0 Å². The fourth-order valence-electron chi connectivity index (χ4n) is 1.74. The standard InChI is InChI=1S/C12H20N2O2S3/c1-9(7-17-2)14-19(15,16)12-5-10(8-18-12)6-13-11-3-4-11/h5,8-9,11,13-14H,3-4,6-7H2,1-2H3. The molecule has 0 spiro atoms. The molecule has 1 fully saturated rings. The Morgan fingerprint density at radius 1 is 1.53 bits per heavy atom. The van der Waals surface area contributed by atoms with E-state index < -0.39 is 10.0 Å². The van der Waals surface area contributed by atoms with Gasteiger partial charge in [0.2, 0.25) is 10.0 Å². The molecule has 0 aliphatic heterocycles. The van der Waals surface area contributed by atoms with Crippen LogP contribution in [0.1, 0.15) is 25.3 Å². The van der Waals surface area contributed by atoms with E-state index in [-0.39, 0.29) is 6.04 Å². The molecule has 1 aliphatic carbocycles. The third kappa shape index (κ3) is 4.75. The summed E-state index contributed by atoms with van der Waals surface area (Å²) in [7, 11) is -3.36. The van der Waals surface area contributed by atoms with Crippen LogP contribution in [0.3, 0.4) is 0 Å². The van der Waals surface area contributed by atoms with Gasteiger partial charge in [-0.15, -0.1) is 11.3 Å². The van der Waals surface area contributed by atoms with Crippen LogP contribution in [0.5, 0.6) is 0 Å². The minimum atomic E-state index is -3.36. The van der Waals surface area contributed by atoms with Crippen molar-refractivity contribution in [1.82, 2.24) is 10.0 Å². The quantitative estimate of drug-likeness (QED) is 0.769. The van der Waals surface area contributed by atoms with Gasteiger partial charge in [-0.3, -0.25) is 0 Å². The highest BCUT2D eigenvalue weighted by Gasteiger charge is 2.22. The SMILES string of the molecule is CSCC(C)NS(=O)(=O)c1cc(CNC2CC2)cs1. The van der Waals surface area contributed by atoms with Crippen LogP contribution in [0.4, 0.5) is 0 Å². The summed E-state index contributed by atoms with van der Waals surface area (Å²) in [5.41, 5.74) is 1.05. The van der Waals surface area contributed by atoms with E-state index >= 15 is 0 Å². The molecule has 0 bridgehead atoms. The molecule has 1 aromatic heterocycles. The van der Waals surface area contributed by atoms with Crippen LogP contribution in [-0.4, -0.2) is 32.5 Å². The number of thiophene rings is 1. The minimum Gasteiger partial charge on any atom is -0.310 e. The summed E-state index contributed by atoms with van der Waals surface area (Å²) in [6.45, 7) is 2.65. The van der Waals surface area contributed by atoms with Crippen molar-refractivity contribution < 1.29 is 8.42 Å². The predicted octanol–water partition coefficient (Wildman–Crippen LogP) is 2.03. The van der Waals surface area contributed by atoms with Gasteiger partial charge in [0.25, 0.3) is 0 Å². The number of hydrogen-bond acceptors (Lipinski definition) is 5. The Balaban J connectivity index is 1.95. The highest BCUT2D eigenvalue weighted by Crippen LogP contribution is 2.23. The van der Waals surface area contributed by atoms with E-state index in [9.17, 15) is 8.42 Å². The summed E-state index contributed by atoms with van der Waals surface area (Å²) in [6.07, 6.45) is 4.45. The Kier molecular flexibility index (Phi) is 5.30. The topological polar surface area (TPSA) is 58.2 Å². The van der Waals surface area contributed by atoms with Crippen molar-refractivity contribution in [2.75, 3.05) is 12.0 Å². The van der Waals surface area contributed by atoms with E-state index in [1.807, 2.05) is 18.6 Å².